The Morgan fingerprint density at radius 3 is 2.40 bits per heavy atom. The van der Waals surface area contributed by atoms with Crippen LogP contribution in [-0.4, -0.2) is 12.8 Å². The van der Waals surface area contributed by atoms with Crippen LogP contribution < -0.4 is 5.32 Å². The van der Waals surface area contributed by atoms with E-state index >= 15 is 0 Å². The molecule has 0 aliphatic heterocycles. The average Bonchev–Trinajstić information content (AvgIpc) is 2.48. The van der Waals surface area contributed by atoms with Gasteiger partial charge < -0.3 is 5.32 Å². The van der Waals surface area contributed by atoms with Gasteiger partial charge in [0.25, 0.3) is 0 Å². The largest absolute Gasteiger partial charge is 0.306 e. The van der Waals surface area contributed by atoms with E-state index in [2.05, 4.69) is 42.8 Å². The molecule has 4 heteroatoms. The first kappa shape index (κ1) is 15.7. The fraction of sp³-hybridized carbons (Fsp3) is 0.250. The third kappa shape index (κ3) is 3.50. The van der Waals surface area contributed by atoms with Gasteiger partial charge in [-0.15, -0.1) is 11.8 Å². The van der Waals surface area contributed by atoms with Crippen molar-refractivity contribution in [3.8, 4) is 0 Å². The summed E-state index contributed by atoms with van der Waals surface area (Å²) in [4.78, 5) is 1.25. The van der Waals surface area contributed by atoms with Gasteiger partial charge in [-0.1, -0.05) is 54.4 Å². The van der Waals surface area contributed by atoms with E-state index in [0.29, 0.717) is 10.0 Å². The van der Waals surface area contributed by atoms with Gasteiger partial charge in [0.15, 0.2) is 0 Å². The van der Waals surface area contributed by atoms with E-state index < -0.39 is 0 Å². The van der Waals surface area contributed by atoms with E-state index in [4.69, 9.17) is 23.2 Å². The predicted octanol–water partition coefficient (Wildman–Crippen LogP) is 5.41. The summed E-state index contributed by atoms with van der Waals surface area (Å²) in [5.74, 6) is 0. The molecule has 0 bridgehead atoms. The molecule has 0 heterocycles. The van der Waals surface area contributed by atoms with Crippen LogP contribution in [0, 0.1) is 0 Å². The highest BCUT2D eigenvalue weighted by Gasteiger charge is 2.17. The molecule has 0 fully saturated rings. The summed E-state index contributed by atoms with van der Waals surface area (Å²) in [7, 11) is 0. The van der Waals surface area contributed by atoms with Gasteiger partial charge in [0.1, 0.15) is 0 Å². The van der Waals surface area contributed by atoms with E-state index in [0.717, 1.165) is 12.1 Å². The molecular weight excluding hydrogens is 309 g/mol. The molecular formula is C16H17Cl2NS. The van der Waals surface area contributed by atoms with Crippen molar-refractivity contribution in [1.29, 1.82) is 0 Å². The van der Waals surface area contributed by atoms with Crippen LogP contribution >= 0.6 is 35.0 Å². The molecule has 1 nitrogen and oxygen atoms in total. The SMILES string of the molecule is CCNC(c1ccc(SC)cc1)c1cccc(Cl)c1Cl. The second-order valence-electron chi connectivity index (χ2n) is 4.41. The Labute approximate surface area is 134 Å². The first-order valence-electron chi connectivity index (χ1n) is 6.48. The fourth-order valence-electron chi connectivity index (χ4n) is 2.15. The number of benzene rings is 2. The van der Waals surface area contributed by atoms with Crippen LogP contribution in [0.3, 0.4) is 0 Å². The quantitative estimate of drug-likeness (QED) is 0.737. The van der Waals surface area contributed by atoms with Crippen molar-refractivity contribution in [3.63, 3.8) is 0 Å². The van der Waals surface area contributed by atoms with Crippen LogP contribution in [0.4, 0.5) is 0 Å². The number of rotatable bonds is 5. The van der Waals surface area contributed by atoms with Gasteiger partial charge in [-0.2, -0.15) is 0 Å². The maximum Gasteiger partial charge on any atom is 0.0643 e. The van der Waals surface area contributed by atoms with E-state index in [1.807, 2.05) is 18.2 Å². The molecule has 0 aromatic heterocycles. The number of thioether (sulfide) groups is 1. The minimum atomic E-state index is 0.0575. The highest BCUT2D eigenvalue weighted by atomic mass is 35.5. The van der Waals surface area contributed by atoms with Crippen LogP contribution in [0.25, 0.3) is 0 Å². The summed E-state index contributed by atoms with van der Waals surface area (Å²) >= 11 is 14.2. The monoisotopic (exact) mass is 325 g/mol. The molecule has 106 valence electrons. The lowest BCUT2D eigenvalue weighted by Crippen LogP contribution is -2.22. The van der Waals surface area contributed by atoms with E-state index in [-0.39, 0.29) is 6.04 Å². The van der Waals surface area contributed by atoms with Gasteiger partial charge >= 0.3 is 0 Å². The van der Waals surface area contributed by atoms with Crippen molar-refractivity contribution in [1.82, 2.24) is 5.32 Å². The molecule has 0 saturated heterocycles. The zero-order chi connectivity index (χ0) is 14.5. The summed E-state index contributed by atoms with van der Waals surface area (Å²) in [6.45, 7) is 2.94. The zero-order valence-electron chi connectivity index (χ0n) is 11.5. The average molecular weight is 326 g/mol. The molecule has 1 unspecified atom stereocenters. The summed E-state index contributed by atoms with van der Waals surface area (Å²) in [5, 5.41) is 4.68. The molecule has 0 spiro atoms. The van der Waals surface area contributed by atoms with Crippen LogP contribution in [-0.2, 0) is 0 Å². The van der Waals surface area contributed by atoms with Crippen LogP contribution in [0.15, 0.2) is 47.4 Å². The molecule has 20 heavy (non-hydrogen) atoms. The van der Waals surface area contributed by atoms with Crippen LogP contribution in [0.2, 0.25) is 10.0 Å². The van der Waals surface area contributed by atoms with E-state index in [1.165, 1.54) is 10.5 Å². The summed E-state index contributed by atoms with van der Waals surface area (Å²) in [6.07, 6.45) is 2.07. The molecule has 1 atom stereocenters. The Bertz CT molecular complexity index is 569. The summed E-state index contributed by atoms with van der Waals surface area (Å²) in [6, 6.07) is 14.3. The maximum absolute atomic E-state index is 6.36. The van der Waals surface area contributed by atoms with E-state index in [9.17, 15) is 0 Å². The Morgan fingerprint density at radius 2 is 1.80 bits per heavy atom. The van der Waals surface area contributed by atoms with Crippen molar-refractivity contribution in [2.75, 3.05) is 12.8 Å². The maximum atomic E-state index is 6.36. The molecule has 0 aliphatic rings. The van der Waals surface area contributed by atoms with Gasteiger partial charge in [0, 0.05) is 4.90 Å². The predicted molar refractivity (Wildman–Crippen MR) is 90.2 cm³/mol. The summed E-state index contributed by atoms with van der Waals surface area (Å²) in [5.41, 5.74) is 2.20. The molecule has 0 radical (unpaired) electrons. The number of hydrogen-bond donors (Lipinski definition) is 1. The molecule has 1 N–H and O–H groups in total. The lowest BCUT2D eigenvalue weighted by Gasteiger charge is -2.21. The Balaban J connectivity index is 2.41. The van der Waals surface area contributed by atoms with Gasteiger partial charge in [0.05, 0.1) is 16.1 Å². The van der Waals surface area contributed by atoms with Crippen molar-refractivity contribution >= 4 is 35.0 Å². The van der Waals surface area contributed by atoms with Crippen LogP contribution in [0.5, 0.6) is 0 Å². The highest BCUT2D eigenvalue weighted by molar-refractivity contribution is 7.98. The van der Waals surface area contributed by atoms with Gasteiger partial charge in [0.2, 0.25) is 0 Å². The first-order chi connectivity index (χ1) is 9.67. The highest BCUT2D eigenvalue weighted by Crippen LogP contribution is 2.33. The Morgan fingerprint density at radius 1 is 1.10 bits per heavy atom. The second-order valence-corrected chi connectivity index (χ2v) is 6.07. The van der Waals surface area contributed by atoms with E-state index in [1.54, 1.807) is 11.8 Å². The Hall–Kier alpha value is -0.670. The minimum Gasteiger partial charge on any atom is -0.306 e. The molecule has 2 aromatic carbocycles. The third-order valence-corrected chi connectivity index (χ3v) is 4.73. The molecule has 0 aliphatic carbocycles. The summed E-state index contributed by atoms with van der Waals surface area (Å²) < 4.78 is 0. The zero-order valence-corrected chi connectivity index (χ0v) is 13.8. The first-order valence-corrected chi connectivity index (χ1v) is 8.46. The van der Waals surface area contributed by atoms with Crippen molar-refractivity contribution in [3.05, 3.63) is 63.6 Å². The van der Waals surface area contributed by atoms with Crippen molar-refractivity contribution in [2.45, 2.75) is 17.9 Å². The van der Waals surface area contributed by atoms with Gasteiger partial charge in [-0.25, -0.2) is 0 Å². The standard InChI is InChI=1S/C16H17Cl2NS/c1-3-19-16(11-7-9-12(20-2)10-8-11)13-5-4-6-14(17)15(13)18/h4-10,16,19H,3H2,1-2H3. The lowest BCUT2D eigenvalue weighted by molar-refractivity contribution is 0.630. The smallest absolute Gasteiger partial charge is 0.0643 e. The van der Waals surface area contributed by atoms with Crippen molar-refractivity contribution < 1.29 is 0 Å². The van der Waals surface area contributed by atoms with Gasteiger partial charge in [-0.3, -0.25) is 0 Å². The molecule has 0 saturated carbocycles. The number of halogens is 2. The molecule has 2 rings (SSSR count). The van der Waals surface area contributed by atoms with Gasteiger partial charge in [-0.05, 0) is 42.1 Å². The Kier molecular flexibility index (Phi) is 5.79. The lowest BCUT2D eigenvalue weighted by atomic mass is 9.98. The second kappa shape index (κ2) is 7.37. The number of hydrogen-bond acceptors (Lipinski definition) is 2. The van der Waals surface area contributed by atoms with Crippen LogP contribution in [0.1, 0.15) is 24.1 Å². The molecule has 0 amide bonds. The third-order valence-electron chi connectivity index (χ3n) is 3.15. The fourth-order valence-corrected chi connectivity index (χ4v) is 2.98. The topological polar surface area (TPSA) is 12.0 Å². The van der Waals surface area contributed by atoms with Crippen molar-refractivity contribution in [2.24, 2.45) is 0 Å². The number of nitrogens with one attached hydrogen (secondary N) is 1. The molecule has 2 aromatic rings. The normalized spacial score (nSPS) is 12.4. The minimum absolute atomic E-state index is 0.0575.